The molecule has 0 aromatic heterocycles. The molecule has 2 heteroatoms. The summed E-state index contributed by atoms with van der Waals surface area (Å²) < 4.78 is 0. The Labute approximate surface area is 104 Å². The van der Waals surface area contributed by atoms with Crippen LogP contribution in [0.25, 0.3) is 0 Å². The monoisotopic (exact) mass is 239 g/mol. The fourth-order valence-corrected chi connectivity index (χ4v) is 2.04. The van der Waals surface area contributed by atoms with Crippen LogP contribution in [0.3, 0.4) is 0 Å². The van der Waals surface area contributed by atoms with Crippen molar-refractivity contribution in [1.29, 1.82) is 0 Å². The van der Waals surface area contributed by atoms with Crippen molar-refractivity contribution in [3.63, 3.8) is 0 Å². The first-order valence-corrected chi connectivity index (χ1v) is 6.41. The van der Waals surface area contributed by atoms with Crippen LogP contribution < -0.4 is 5.32 Å². The average molecular weight is 240 g/mol. The Hall–Kier alpha value is -0.530. The van der Waals surface area contributed by atoms with Crippen molar-refractivity contribution in [1.82, 2.24) is 5.32 Å². The second-order valence-corrected chi connectivity index (χ2v) is 5.16. The van der Waals surface area contributed by atoms with Crippen molar-refractivity contribution in [3.05, 3.63) is 34.9 Å². The van der Waals surface area contributed by atoms with Gasteiger partial charge in [0.2, 0.25) is 0 Å². The van der Waals surface area contributed by atoms with Crippen LogP contribution in [0, 0.1) is 13.8 Å². The van der Waals surface area contributed by atoms with Crippen LogP contribution in [0.2, 0.25) is 0 Å². The van der Waals surface area contributed by atoms with Crippen LogP contribution in [-0.4, -0.2) is 11.4 Å². The number of rotatable bonds is 5. The molecule has 1 rings (SSSR count). The number of aryl methyl sites for hydroxylation is 2. The average Bonchev–Trinajstić information content (AvgIpc) is 2.25. The van der Waals surface area contributed by atoms with Crippen molar-refractivity contribution in [2.45, 2.75) is 46.2 Å². The van der Waals surface area contributed by atoms with E-state index in [9.17, 15) is 0 Å². The van der Waals surface area contributed by atoms with Gasteiger partial charge in [-0.05, 0) is 32.8 Å². The van der Waals surface area contributed by atoms with Gasteiger partial charge in [-0.25, -0.2) is 0 Å². The first kappa shape index (κ1) is 13.5. The van der Waals surface area contributed by atoms with E-state index in [1.165, 1.54) is 16.7 Å². The van der Waals surface area contributed by atoms with E-state index in [0.717, 1.165) is 13.0 Å². The summed E-state index contributed by atoms with van der Waals surface area (Å²) in [4.78, 5) is 0. The molecular weight excluding hydrogens is 218 g/mol. The lowest BCUT2D eigenvalue weighted by atomic mass is 10.0. The van der Waals surface area contributed by atoms with Gasteiger partial charge in [-0.15, -0.1) is 11.6 Å². The maximum atomic E-state index is 5.98. The van der Waals surface area contributed by atoms with Crippen molar-refractivity contribution >= 4 is 11.6 Å². The van der Waals surface area contributed by atoms with Crippen LogP contribution in [0.1, 0.15) is 37.0 Å². The number of alkyl halides is 1. The fourth-order valence-electron chi connectivity index (χ4n) is 1.75. The Kier molecular flexibility index (Phi) is 4.82. The fraction of sp³-hybridized carbons (Fsp3) is 0.571. The molecule has 1 aromatic carbocycles. The van der Waals surface area contributed by atoms with E-state index in [-0.39, 0.29) is 5.54 Å². The molecule has 0 aliphatic rings. The summed E-state index contributed by atoms with van der Waals surface area (Å²) in [7, 11) is 0. The maximum Gasteiger partial charge on any atom is 0.0403 e. The SMILES string of the molecule is CCC(C)(CCl)NCc1cc(C)cc(C)c1. The zero-order chi connectivity index (χ0) is 12.2. The first-order chi connectivity index (χ1) is 7.49. The second-order valence-electron chi connectivity index (χ2n) is 4.90. The molecule has 0 aliphatic heterocycles. The number of hydrogen-bond acceptors (Lipinski definition) is 1. The van der Waals surface area contributed by atoms with E-state index in [4.69, 9.17) is 11.6 Å². The molecule has 1 aromatic rings. The molecule has 16 heavy (non-hydrogen) atoms. The smallest absolute Gasteiger partial charge is 0.0403 e. The summed E-state index contributed by atoms with van der Waals surface area (Å²) in [6.45, 7) is 9.49. The van der Waals surface area contributed by atoms with Gasteiger partial charge in [-0.2, -0.15) is 0 Å². The summed E-state index contributed by atoms with van der Waals surface area (Å²) >= 11 is 5.98. The lowest BCUT2D eigenvalue weighted by Gasteiger charge is -2.27. The number of halogens is 1. The molecule has 1 atom stereocenters. The molecule has 0 aliphatic carbocycles. The molecule has 0 bridgehead atoms. The molecule has 90 valence electrons. The molecular formula is C14H22ClN. The largest absolute Gasteiger partial charge is 0.306 e. The highest BCUT2D eigenvalue weighted by Crippen LogP contribution is 2.14. The number of nitrogens with one attached hydrogen (secondary N) is 1. The zero-order valence-electron chi connectivity index (χ0n) is 10.7. The van der Waals surface area contributed by atoms with Crippen molar-refractivity contribution in [2.24, 2.45) is 0 Å². The van der Waals surface area contributed by atoms with Crippen LogP contribution in [0.4, 0.5) is 0 Å². The minimum Gasteiger partial charge on any atom is -0.306 e. The third kappa shape index (κ3) is 3.80. The molecule has 0 heterocycles. The van der Waals surface area contributed by atoms with Gasteiger partial charge in [-0.3, -0.25) is 0 Å². The molecule has 0 spiro atoms. The molecule has 1 N–H and O–H groups in total. The Morgan fingerprint density at radius 2 is 1.75 bits per heavy atom. The zero-order valence-corrected chi connectivity index (χ0v) is 11.5. The lowest BCUT2D eigenvalue weighted by Crippen LogP contribution is -2.42. The minimum absolute atomic E-state index is 0.0409. The normalized spacial score (nSPS) is 14.8. The van der Waals surface area contributed by atoms with Gasteiger partial charge in [0.05, 0.1) is 0 Å². The maximum absolute atomic E-state index is 5.98. The van der Waals surface area contributed by atoms with E-state index in [0.29, 0.717) is 5.88 Å². The Bertz CT molecular complexity index is 322. The van der Waals surface area contributed by atoms with Gasteiger partial charge in [0.15, 0.2) is 0 Å². The molecule has 0 amide bonds. The van der Waals surface area contributed by atoms with E-state index in [2.05, 4.69) is 51.2 Å². The minimum atomic E-state index is 0.0409. The third-order valence-electron chi connectivity index (χ3n) is 3.08. The van der Waals surface area contributed by atoms with E-state index in [1.807, 2.05) is 0 Å². The highest BCUT2D eigenvalue weighted by atomic mass is 35.5. The second kappa shape index (κ2) is 5.70. The molecule has 0 saturated carbocycles. The van der Waals surface area contributed by atoms with Gasteiger partial charge in [0, 0.05) is 18.0 Å². The Morgan fingerprint density at radius 3 is 2.19 bits per heavy atom. The molecule has 0 saturated heterocycles. The standard InChI is InChI=1S/C14H22ClN/c1-5-14(4,10-15)16-9-13-7-11(2)6-12(3)8-13/h6-8,16H,5,9-10H2,1-4H3. The molecule has 0 fully saturated rings. The predicted octanol–water partition coefficient (Wildman–Crippen LogP) is 3.80. The Morgan fingerprint density at radius 1 is 1.19 bits per heavy atom. The van der Waals surface area contributed by atoms with Crippen molar-refractivity contribution < 1.29 is 0 Å². The summed E-state index contributed by atoms with van der Waals surface area (Å²) in [6, 6.07) is 6.65. The van der Waals surface area contributed by atoms with Crippen molar-refractivity contribution in [2.75, 3.05) is 5.88 Å². The quantitative estimate of drug-likeness (QED) is 0.771. The highest BCUT2D eigenvalue weighted by molar-refractivity contribution is 6.18. The third-order valence-corrected chi connectivity index (χ3v) is 3.67. The van der Waals surface area contributed by atoms with Crippen molar-refractivity contribution in [3.8, 4) is 0 Å². The van der Waals surface area contributed by atoms with E-state index in [1.54, 1.807) is 0 Å². The van der Waals surface area contributed by atoms with Crippen LogP contribution in [0.15, 0.2) is 18.2 Å². The van der Waals surface area contributed by atoms with Crippen LogP contribution in [0.5, 0.6) is 0 Å². The molecule has 1 nitrogen and oxygen atoms in total. The summed E-state index contributed by atoms with van der Waals surface area (Å²) in [5, 5.41) is 3.53. The van der Waals surface area contributed by atoms with Gasteiger partial charge < -0.3 is 5.32 Å². The van der Waals surface area contributed by atoms with Crippen LogP contribution in [-0.2, 0) is 6.54 Å². The molecule has 0 radical (unpaired) electrons. The number of hydrogen-bond donors (Lipinski definition) is 1. The summed E-state index contributed by atoms with van der Waals surface area (Å²) in [6.07, 6.45) is 1.04. The van der Waals surface area contributed by atoms with Gasteiger partial charge >= 0.3 is 0 Å². The molecule has 1 unspecified atom stereocenters. The summed E-state index contributed by atoms with van der Waals surface area (Å²) in [5.74, 6) is 0.647. The van der Waals surface area contributed by atoms with Gasteiger partial charge in [0.1, 0.15) is 0 Å². The number of benzene rings is 1. The summed E-state index contributed by atoms with van der Waals surface area (Å²) in [5.41, 5.74) is 4.02. The topological polar surface area (TPSA) is 12.0 Å². The van der Waals surface area contributed by atoms with E-state index < -0.39 is 0 Å². The lowest BCUT2D eigenvalue weighted by molar-refractivity contribution is 0.379. The van der Waals surface area contributed by atoms with Crippen LogP contribution >= 0.6 is 11.6 Å². The van der Waals surface area contributed by atoms with Gasteiger partial charge in [0.25, 0.3) is 0 Å². The van der Waals surface area contributed by atoms with Gasteiger partial charge in [-0.1, -0.05) is 36.2 Å². The predicted molar refractivity (Wildman–Crippen MR) is 72.2 cm³/mol. The highest BCUT2D eigenvalue weighted by Gasteiger charge is 2.19. The Balaban J connectivity index is 2.67. The first-order valence-electron chi connectivity index (χ1n) is 5.87. The van der Waals surface area contributed by atoms with E-state index >= 15 is 0 Å².